The number of aryl methyl sites for hydroxylation is 2. The number of carbonyl (C=O) groups excluding carboxylic acids is 2. The summed E-state index contributed by atoms with van der Waals surface area (Å²) in [5.74, 6) is -0.654. The van der Waals surface area contributed by atoms with Crippen LogP contribution in [-0.2, 0) is 0 Å². The first-order valence-electron chi connectivity index (χ1n) is 5.86. The molecular weight excluding hydrogens is 273 g/mol. The Labute approximate surface area is 121 Å². The number of amides is 2. The lowest BCUT2D eigenvalue weighted by atomic mass is 10.1. The van der Waals surface area contributed by atoms with Crippen LogP contribution in [0.15, 0.2) is 24.4 Å². The van der Waals surface area contributed by atoms with Crippen molar-refractivity contribution in [2.75, 3.05) is 5.32 Å². The smallest absolute Gasteiger partial charge is 0.267 e. The van der Waals surface area contributed by atoms with Crippen molar-refractivity contribution < 1.29 is 9.59 Å². The zero-order chi connectivity index (χ0) is 14.7. The lowest BCUT2D eigenvalue weighted by Gasteiger charge is -2.09. The first-order valence-corrected chi connectivity index (χ1v) is 6.68. The second kappa shape index (κ2) is 5.87. The topological polar surface area (TPSA) is 71.1 Å². The quantitative estimate of drug-likeness (QED) is 0.845. The first-order chi connectivity index (χ1) is 9.51. The van der Waals surface area contributed by atoms with Gasteiger partial charge >= 0.3 is 0 Å². The Morgan fingerprint density at radius 1 is 1.25 bits per heavy atom. The molecule has 100 valence electrons. The molecule has 1 aromatic carbocycles. The third-order valence-corrected chi connectivity index (χ3v) is 3.64. The fourth-order valence-electron chi connectivity index (χ4n) is 1.63. The van der Waals surface area contributed by atoms with Crippen LogP contribution in [0.1, 0.15) is 30.6 Å². The molecule has 0 atom stereocenters. The van der Waals surface area contributed by atoms with Crippen LogP contribution in [0.25, 0.3) is 0 Å². The van der Waals surface area contributed by atoms with Gasteiger partial charge in [-0.2, -0.15) is 0 Å². The molecule has 0 saturated heterocycles. The van der Waals surface area contributed by atoms with Crippen molar-refractivity contribution in [1.29, 1.82) is 0 Å². The van der Waals surface area contributed by atoms with Crippen LogP contribution in [0.5, 0.6) is 0 Å². The average Bonchev–Trinajstić information content (AvgIpc) is 2.87. The highest BCUT2D eigenvalue weighted by atomic mass is 32.1. The Balaban J connectivity index is 2.24. The third kappa shape index (κ3) is 3.05. The standard InChI is InChI=1S/C13H12BN3O2S/c1-7-3-4-9(12(18)17-14)5-10(7)16-13(19)11-6-15-8(2)20-11/h3-6H,1-2H3,(H,16,19)(H,17,18). The molecule has 0 spiro atoms. The van der Waals surface area contributed by atoms with Gasteiger partial charge in [-0.15, -0.1) is 11.3 Å². The highest BCUT2D eigenvalue weighted by Gasteiger charge is 2.12. The number of nitrogens with zero attached hydrogens (tertiary/aromatic N) is 1. The predicted molar refractivity (Wildman–Crippen MR) is 79.2 cm³/mol. The highest BCUT2D eigenvalue weighted by molar-refractivity contribution is 7.13. The minimum atomic E-state index is -0.408. The number of anilines is 1. The minimum absolute atomic E-state index is 0.246. The summed E-state index contributed by atoms with van der Waals surface area (Å²) in [5, 5.41) is 5.65. The van der Waals surface area contributed by atoms with E-state index < -0.39 is 5.91 Å². The molecule has 0 bridgehead atoms. The molecule has 7 heteroatoms. The van der Waals surface area contributed by atoms with E-state index in [1.165, 1.54) is 17.5 Å². The summed E-state index contributed by atoms with van der Waals surface area (Å²) in [6.45, 7) is 3.68. The number of hydrogen-bond acceptors (Lipinski definition) is 4. The maximum Gasteiger partial charge on any atom is 0.267 e. The van der Waals surface area contributed by atoms with Crippen molar-refractivity contribution in [3.63, 3.8) is 0 Å². The highest BCUT2D eigenvalue weighted by Crippen LogP contribution is 2.19. The van der Waals surface area contributed by atoms with E-state index in [1.807, 2.05) is 13.8 Å². The van der Waals surface area contributed by atoms with Crippen LogP contribution in [0.3, 0.4) is 0 Å². The molecule has 2 aromatic rings. The average molecular weight is 285 g/mol. The van der Waals surface area contributed by atoms with Crippen molar-refractivity contribution in [3.05, 3.63) is 45.4 Å². The van der Waals surface area contributed by atoms with Gasteiger partial charge in [0, 0.05) is 11.3 Å². The molecule has 2 N–H and O–H groups in total. The van der Waals surface area contributed by atoms with Gasteiger partial charge in [0.25, 0.3) is 5.91 Å². The van der Waals surface area contributed by atoms with Gasteiger partial charge in [-0.05, 0) is 31.5 Å². The van der Waals surface area contributed by atoms with Crippen molar-refractivity contribution in [2.24, 2.45) is 0 Å². The molecule has 0 aliphatic rings. The Hall–Kier alpha value is -2.15. The van der Waals surface area contributed by atoms with Crippen LogP contribution in [0.4, 0.5) is 5.69 Å². The lowest BCUT2D eigenvalue weighted by Crippen LogP contribution is -2.20. The van der Waals surface area contributed by atoms with Crippen molar-refractivity contribution in [1.82, 2.24) is 10.2 Å². The number of aromatic nitrogens is 1. The zero-order valence-electron chi connectivity index (χ0n) is 11.1. The van der Waals surface area contributed by atoms with E-state index in [1.54, 1.807) is 18.2 Å². The van der Waals surface area contributed by atoms with Gasteiger partial charge in [-0.3, -0.25) is 9.59 Å². The summed E-state index contributed by atoms with van der Waals surface area (Å²) in [6, 6.07) is 4.98. The van der Waals surface area contributed by atoms with E-state index in [9.17, 15) is 9.59 Å². The summed E-state index contributed by atoms with van der Waals surface area (Å²) < 4.78 is 0. The molecule has 20 heavy (non-hydrogen) atoms. The number of carbonyl (C=O) groups is 2. The van der Waals surface area contributed by atoms with Gasteiger partial charge in [0.1, 0.15) is 4.88 Å². The number of nitrogens with one attached hydrogen (secondary N) is 2. The van der Waals surface area contributed by atoms with E-state index in [4.69, 9.17) is 7.98 Å². The maximum absolute atomic E-state index is 12.1. The molecule has 0 fully saturated rings. The molecular formula is C13H12BN3O2S. The molecule has 0 unspecified atom stereocenters. The van der Waals surface area contributed by atoms with Crippen LogP contribution in [0, 0.1) is 13.8 Å². The Bertz CT molecular complexity index is 669. The van der Waals surface area contributed by atoms with E-state index >= 15 is 0 Å². The SMILES string of the molecule is [B]NC(=O)c1ccc(C)c(NC(=O)c2cnc(C)s2)c1. The van der Waals surface area contributed by atoms with Crippen molar-refractivity contribution >= 4 is 36.8 Å². The lowest BCUT2D eigenvalue weighted by molar-refractivity contribution is 0.0979. The minimum Gasteiger partial charge on any atom is -0.405 e. The monoisotopic (exact) mass is 285 g/mol. The van der Waals surface area contributed by atoms with Gasteiger partial charge < -0.3 is 10.5 Å². The Kier molecular flexibility index (Phi) is 4.19. The van der Waals surface area contributed by atoms with Crippen molar-refractivity contribution in [3.8, 4) is 0 Å². The van der Waals surface area contributed by atoms with Gasteiger partial charge in [-0.25, -0.2) is 4.98 Å². The second-order valence-corrected chi connectivity index (χ2v) is 5.44. The van der Waals surface area contributed by atoms with Gasteiger partial charge in [0.15, 0.2) is 0 Å². The number of benzene rings is 1. The summed E-state index contributed by atoms with van der Waals surface area (Å²) >= 11 is 1.31. The normalized spacial score (nSPS) is 10.1. The third-order valence-electron chi connectivity index (χ3n) is 2.72. The summed E-state index contributed by atoms with van der Waals surface area (Å²) in [5.41, 5.74) is 1.81. The van der Waals surface area contributed by atoms with E-state index in [0.29, 0.717) is 16.1 Å². The van der Waals surface area contributed by atoms with Gasteiger partial charge in [-0.1, -0.05) is 6.07 Å². The molecule has 2 amide bonds. The van der Waals surface area contributed by atoms with Crippen molar-refractivity contribution in [2.45, 2.75) is 13.8 Å². The molecule has 2 rings (SSSR count). The second-order valence-electron chi connectivity index (χ2n) is 4.20. The van der Waals surface area contributed by atoms with E-state index in [-0.39, 0.29) is 5.91 Å². The van der Waals surface area contributed by atoms with Crippen LogP contribution in [-0.4, -0.2) is 24.8 Å². The molecule has 0 aliphatic heterocycles. The zero-order valence-corrected chi connectivity index (χ0v) is 11.9. The number of thiazole rings is 1. The van der Waals surface area contributed by atoms with Crippen LogP contribution >= 0.6 is 11.3 Å². The van der Waals surface area contributed by atoms with Crippen LogP contribution < -0.4 is 10.5 Å². The predicted octanol–water partition coefficient (Wildman–Crippen LogP) is 1.83. The number of hydrogen-bond donors (Lipinski definition) is 2. The molecule has 2 radical (unpaired) electrons. The summed E-state index contributed by atoms with van der Waals surface area (Å²) in [4.78, 5) is 28.1. The molecule has 0 saturated carbocycles. The summed E-state index contributed by atoms with van der Waals surface area (Å²) in [6.07, 6.45) is 1.53. The van der Waals surface area contributed by atoms with Gasteiger partial charge in [0.2, 0.25) is 13.9 Å². The Morgan fingerprint density at radius 3 is 2.60 bits per heavy atom. The first kappa shape index (κ1) is 14.3. The van der Waals surface area contributed by atoms with E-state index in [2.05, 4.69) is 15.5 Å². The fourth-order valence-corrected chi connectivity index (χ4v) is 2.30. The van der Waals surface area contributed by atoms with E-state index in [0.717, 1.165) is 10.6 Å². The molecule has 5 nitrogen and oxygen atoms in total. The Morgan fingerprint density at radius 2 is 2.00 bits per heavy atom. The maximum atomic E-state index is 12.1. The molecule has 1 heterocycles. The molecule has 1 aromatic heterocycles. The fraction of sp³-hybridized carbons (Fsp3) is 0.154. The van der Waals surface area contributed by atoms with Gasteiger partial charge in [0.05, 0.1) is 11.2 Å². The van der Waals surface area contributed by atoms with Crippen LogP contribution in [0.2, 0.25) is 0 Å². The molecule has 0 aliphatic carbocycles. The summed E-state index contributed by atoms with van der Waals surface area (Å²) in [7, 11) is 5.09. The largest absolute Gasteiger partial charge is 0.405 e. The number of rotatable bonds is 3.